The van der Waals surface area contributed by atoms with E-state index in [1.54, 1.807) is 13.2 Å². The van der Waals surface area contributed by atoms with Crippen LogP contribution in [0.25, 0.3) is 10.1 Å². The first-order valence-electron chi connectivity index (χ1n) is 10.2. The maximum Gasteiger partial charge on any atom is 0.266 e. The molecule has 0 saturated carbocycles. The largest absolute Gasteiger partial charge is 0.380 e. The topological polar surface area (TPSA) is 44.8 Å². The van der Waals surface area contributed by atoms with Crippen LogP contribution in [0.4, 0.5) is 15.8 Å². The van der Waals surface area contributed by atoms with Crippen molar-refractivity contribution in [3.05, 3.63) is 58.7 Å². The second kappa shape index (κ2) is 9.12. The fourth-order valence-electron chi connectivity index (χ4n) is 3.97. The Labute approximate surface area is 180 Å². The molecule has 1 N–H and O–H groups in total. The van der Waals surface area contributed by atoms with E-state index in [1.807, 2.05) is 30.3 Å². The zero-order chi connectivity index (χ0) is 21.1. The molecule has 2 heterocycles. The number of hydrogen-bond donors (Lipinski definition) is 1. The molecule has 1 aliphatic heterocycles. The van der Waals surface area contributed by atoms with Gasteiger partial charge in [-0.25, -0.2) is 4.39 Å². The molecule has 2 aromatic carbocycles. The predicted octanol–water partition coefficient (Wildman–Crippen LogP) is 4.58. The van der Waals surface area contributed by atoms with Crippen LogP contribution in [0.5, 0.6) is 0 Å². The Morgan fingerprint density at radius 2 is 1.90 bits per heavy atom. The van der Waals surface area contributed by atoms with Gasteiger partial charge in [0.05, 0.1) is 22.9 Å². The lowest BCUT2D eigenvalue weighted by Crippen LogP contribution is -2.46. The maximum absolute atomic E-state index is 14.5. The number of methoxy groups -OCH3 is 1. The molecule has 0 aliphatic carbocycles. The van der Waals surface area contributed by atoms with Crippen molar-refractivity contribution in [2.24, 2.45) is 0 Å². The molecular weight excluding hydrogens is 401 g/mol. The molecule has 0 unspecified atom stereocenters. The minimum Gasteiger partial charge on any atom is -0.380 e. The standard InChI is InChI=1S/C23H26FN3O2S/c1-3-26-11-13-27(14-12-26)19-9-5-4-8-18(19)25-23(28)22-16(15-29-2)21-17(24)7-6-10-20(21)30-22/h4-10H,3,11-15H2,1-2H3,(H,25,28). The van der Waals surface area contributed by atoms with E-state index < -0.39 is 0 Å². The summed E-state index contributed by atoms with van der Waals surface area (Å²) < 4.78 is 20.5. The van der Waals surface area contributed by atoms with E-state index in [0.717, 1.165) is 48.8 Å². The number of rotatable bonds is 6. The molecule has 0 atom stereocenters. The number of nitrogens with one attached hydrogen (secondary N) is 1. The molecule has 30 heavy (non-hydrogen) atoms. The zero-order valence-corrected chi connectivity index (χ0v) is 18.1. The number of piperazine rings is 1. The van der Waals surface area contributed by atoms with Crippen LogP contribution in [0.2, 0.25) is 0 Å². The fraction of sp³-hybridized carbons (Fsp3) is 0.348. The monoisotopic (exact) mass is 427 g/mol. The van der Waals surface area contributed by atoms with Gasteiger partial charge in [0.25, 0.3) is 5.91 Å². The number of halogens is 1. The molecule has 0 spiro atoms. The van der Waals surface area contributed by atoms with E-state index in [9.17, 15) is 9.18 Å². The molecule has 1 fully saturated rings. The van der Waals surface area contributed by atoms with E-state index in [2.05, 4.69) is 22.0 Å². The van der Waals surface area contributed by atoms with Gasteiger partial charge in [-0.2, -0.15) is 0 Å². The second-order valence-corrected chi connectivity index (χ2v) is 8.40. The molecule has 1 aliphatic rings. The average Bonchev–Trinajstić information content (AvgIpc) is 3.14. The van der Waals surface area contributed by atoms with Crippen LogP contribution in [0.1, 0.15) is 22.2 Å². The van der Waals surface area contributed by atoms with Crippen LogP contribution in [0.3, 0.4) is 0 Å². The maximum atomic E-state index is 14.5. The van der Waals surface area contributed by atoms with Crippen molar-refractivity contribution in [1.29, 1.82) is 0 Å². The summed E-state index contributed by atoms with van der Waals surface area (Å²) in [6.07, 6.45) is 0. The van der Waals surface area contributed by atoms with Gasteiger partial charge in [0.15, 0.2) is 0 Å². The third-order valence-electron chi connectivity index (χ3n) is 5.57. The number of thiophene rings is 1. The Balaban J connectivity index is 1.63. The summed E-state index contributed by atoms with van der Waals surface area (Å²) in [6.45, 7) is 7.27. The van der Waals surface area contributed by atoms with Gasteiger partial charge < -0.3 is 19.9 Å². The van der Waals surface area contributed by atoms with E-state index in [0.29, 0.717) is 15.8 Å². The number of carbonyl (C=O) groups is 1. The van der Waals surface area contributed by atoms with Gasteiger partial charge in [-0.05, 0) is 30.8 Å². The summed E-state index contributed by atoms with van der Waals surface area (Å²) in [5.41, 5.74) is 2.39. The lowest BCUT2D eigenvalue weighted by molar-refractivity contribution is 0.102. The molecule has 1 amide bonds. The van der Waals surface area contributed by atoms with Gasteiger partial charge in [-0.3, -0.25) is 4.79 Å². The van der Waals surface area contributed by atoms with Crippen molar-refractivity contribution in [2.45, 2.75) is 13.5 Å². The first-order chi connectivity index (χ1) is 14.6. The van der Waals surface area contributed by atoms with Crippen molar-refractivity contribution in [3.63, 3.8) is 0 Å². The summed E-state index contributed by atoms with van der Waals surface area (Å²) in [5.74, 6) is -0.564. The Hall–Kier alpha value is -2.48. The zero-order valence-electron chi connectivity index (χ0n) is 17.3. The summed E-state index contributed by atoms with van der Waals surface area (Å²) in [4.78, 5) is 18.4. The lowest BCUT2D eigenvalue weighted by atomic mass is 10.1. The first kappa shape index (κ1) is 20.8. The van der Waals surface area contributed by atoms with E-state index in [4.69, 9.17) is 4.74 Å². The van der Waals surface area contributed by atoms with E-state index in [1.165, 1.54) is 17.4 Å². The number of benzene rings is 2. The highest BCUT2D eigenvalue weighted by atomic mass is 32.1. The molecule has 1 saturated heterocycles. The number of amides is 1. The summed E-state index contributed by atoms with van der Waals surface area (Å²) in [5, 5.41) is 3.54. The van der Waals surface area contributed by atoms with Crippen LogP contribution >= 0.6 is 11.3 Å². The van der Waals surface area contributed by atoms with Gasteiger partial charge in [-0.1, -0.05) is 25.1 Å². The number of para-hydroxylation sites is 2. The van der Waals surface area contributed by atoms with E-state index in [-0.39, 0.29) is 18.3 Å². The highest BCUT2D eigenvalue weighted by molar-refractivity contribution is 7.21. The summed E-state index contributed by atoms with van der Waals surface area (Å²) in [6, 6.07) is 12.8. The van der Waals surface area contributed by atoms with Gasteiger partial charge in [0.1, 0.15) is 5.82 Å². The highest BCUT2D eigenvalue weighted by Gasteiger charge is 2.23. The molecular formula is C23H26FN3O2S. The third kappa shape index (κ3) is 4.05. The van der Waals surface area contributed by atoms with Crippen molar-refractivity contribution in [2.75, 3.05) is 50.1 Å². The highest BCUT2D eigenvalue weighted by Crippen LogP contribution is 2.35. The SMILES string of the molecule is CCN1CCN(c2ccccc2NC(=O)c2sc3cccc(F)c3c2COC)CC1. The molecule has 5 nitrogen and oxygen atoms in total. The number of hydrogen-bond acceptors (Lipinski definition) is 5. The molecule has 0 radical (unpaired) electrons. The number of fused-ring (bicyclic) bond motifs is 1. The smallest absolute Gasteiger partial charge is 0.266 e. The van der Waals surface area contributed by atoms with Gasteiger partial charge >= 0.3 is 0 Å². The quantitative estimate of drug-likeness (QED) is 0.625. The van der Waals surface area contributed by atoms with Crippen molar-refractivity contribution in [1.82, 2.24) is 4.90 Å². The van der Waals surface area contributed by atoms with Gasteiger partial charge in [-0.15, -0.1) is 11.3 Å². The number of likely N-dealkylation sites (N-methyl/N-ethyl adjacent to an activating group) is 1. The molecule has 3 aromatic rings. The van der Waals surface area contributed by atoms with Crippen molar-refractivity contribution >= 4 is 38.7 Å². The Bertz CT molecular complexity index is 1040. The normalized spacial score (nSPS) is 15.0. The van der Waals surface area contributed by atoms with Crippen LogP contribution in [0, 0.1) is 5.82 Å². The average molecular weight is 428 g/mol. The molecule has 1 aromatic heterocycles. The number of ether oxygens (including phenoxy) is 1. The van der Waals surface area contributed by atoms with Gasteiger partial charge in [0, 0.05) is 48.9 Å². The lowest BCUT2D eigenvalue weighted by Gasteiger charge is -2.36. The third-order valence-corrected chi connectivity index (χ3v) is 6.77. The second-order valence-electron chi connectivity index (χ2n) is 7.35. The summed E-state index contributed by atoms with van der Waals surface area (Å²) in [7, 11) is 1.55. The van der Waals surface area contributed by atoms with Crippen LogP contribution in [-0.4, -0.2) is 50.6 Å². The molecule has 7 heteroatoms. The minimum absolute atomic E-state index is 0.185. The van der Waals surface area contributed by atoms with Crippen molar-refractivity contribution < 1.29 is 13.9 Å². The van der Waals surface area contributed by atoms with Gasteiger partial charge in [0.2, 0.25) is 0 Å². The number of nitrogens with zero attached hydrogens (tertiary/aromatic N) is 2. The van der Waals surface area contributed by atoms with Crippen LogP contribution < -0.4 is 10.2 Å². The first-order valence-corrected chi connectivity index (χ1v) is 11.0. The van der Waals surface area contributed by atoms with Crippen molar-refractivity contribution in [3.8, 4) is 0 Å². The molecule has 4 rings (SSSR count). The molecule has 158 valence electrons. The van der Waals surface area contributed by atoms with Crippen LogP contribution in [-0.2, 0) is 11.3 Å². The van der Waals surface area contributed by atoms with E-state index >= 15 is 0 Å². The number of anilines is 2. The Morgan fingerprint density at radius 3 is 2.63 bits per heavy atom. The predicted molar refractivity (Wildman–Crippen MR) is 121 cm³/mol. The number of carbonyl (C=O) groups excluding carboxylic acids is 1. The fourth-order valence-corrected chi connectivity index (χ4v) is 5.09. The Morgan fingerprint density at radius 1 is 1.13 bits per heavy atom. The molecule has 0 bridgehead atoms. The Kier molecular flexibility index (Phi) is 6.32. The minimum atomic E-state index is -0.330. The van der Waals surface area contributed by atoms with Crippen LogP contribution in [0.15, 0.2) is 42.5 Å². The summed E-state index contributed by atoms with van der Waals surface area (Å²) >= 11 is 1.30.